The highest BCUT2D eigenvalue weighted by atomic mass is 35.5. The molecule has 0 radical (unpaired) electrons. The van der Waals surface area contributed by atoms with Crippen molar-refractivity contribution < 1.29 is 14.7 Å². The van der Waals surface area contributed by atoms with Gasteiger partial charge in [-0.1, -0.05) is 34.5 Å². The van der Waals surface area contributed by atoms with Gasteiger partial charge >= 0.3 is 5.97 Å². The van der Waals surface area contributed by atoms with Crippen molar-refractivity contribution in [3.05, 3.63) is 45.7 Å². The Kier molecular flexibility index (Phi) is 5.95. The van der Waals surface area contributed by atoms with Gasteiger partial charge in [0, 0.05) is 16.5 Å². The van der Waals surface area contributed by atoms with E-state index in [1.54, 1.807) is 18.2 Å². The normalized spacial score (nSPS) is 10.5. The van der Waals surface area contributed by atoms with E-state index in [-0.39, 0.29) is 25.4 Å². The van der Waals surface area contributed by atoms with Crippen LogP contribution in [-0.2, 0) is 29.1 Å². The largest absolute Gasteiger partial charge is 0.480 e. The molecule has 0 aliphatic heterocycles. The monoisotopic (exact) mass is 356 g/mol. The number of aryl methyl sites for hydroxylation is 1. The van der Waals surface area contributed by atoms with Crippen LogP contribution in [0.2, 0.25) is 10.0 Å². The molecule has 0 bridgehead atoms. The van der Waals surface area contributed by atoms with E-state index in [9.17, 15) is 9.59 Å². The van der Waals surface area contributed by atoms with E-state index in [4.69, 9.17) is 28.3 Å². The van der Waals surface area contributed by atoms with Gasteiger partial charge in [-0.15, -0.1) is 5.10 Å². The molecule has 23 heavy (non-hydrogen) atoms. The molecule has 7 nitrogen and oxygen atoms in total. The quantitative estimate of drug-likeness (QED) is 0.789. The second-order valence-electron chi connectivity index (χ2n) is 4.81. The number of benzene rings is 1. The third kappa shape index (κ3) is 5.54. The number of nitrogens with one attached hydrogen (secondary N) is 1. The molecule has 0 aliphatic carbocycles. The summed E-state index contributed by atoms with van der Waals surface area (Å²) in [6, 6.07) is 5.15. The fourth-order valence-electron chi connectivity index (χ4n) is 1.89. The van der Waals surface area contributed by atoms with Crippen LogP contribution in [0, 0.1) is 0 Å². The Morgan fingerprint density at radius 2 is 2.09 bits per heavy atom. The van der Waals surface area contributed by atoms with Gasteiger partial charge in [-0.2, -0.15) is 0 Å². The maximum Gasteiger partial charge on any atom is 0.325 e. The van der Waals surface area contributed by atoms with E-state index in [1.807, 2.05) is 0 Å². The van der Waals surface area contributed by atoms with E-state index >= 15 is 0 Å². The highest BCUT2D eigenvalue weighted by Gasteiger charge is 2.08. The minimum Gasteiger partial charge on any atom is -0.480 e. The Morgan fingerprint density at radius 1 is 1.30 bits per heavy atom. The minimum absolute atomic E-state index is 0.163. The van der Waals surface area contributed by atoms with Crippen LogP contribution in [0.1, 0.15) is 17.7 Å². The molecule has 0 aliphatic rings. The van der Waals surface area contributed by atoms with Crippen LogP contribution < -0.4 is 5.32 Å². The molecule has 1 heterocycles. The van der Waals surface area contributed by atoms with Crippen LogP contribution in [0.15, 0.2) is 24.4 Å². The van der Waals surface area contributed by atoms with E-state index in [2.05, 4.69) is 15.6 Å². The molecule has 0 saturated heterocycles. The molecular formula is C14H14Cl2N4O3. The summed E-state index contributed by atoms with van der Waals surface area (Å²) in [6.45, 7) is -0.0805. The molecule has 9 heteroatoms. The zero-order valence-corrected chi connectivity index (χ0v) is 13.5. The standard InChI is InChI=1S/C14H14Cl2N4O3/c15-10-3-1-9(12(16)5-10)2-4-13(21)17-6-11-7-20(19-18-11)8-14(22)23/h1,3,5,7H,2,4,6,8H2,(H,17,21)(H,22,23). The highest BCUT2D eigenvalue weighted by Crippen LogP contribution is 2.21. The Hall–Kier alpha value is -2.12. The molecule has 0 atom stereocenters. The fourth-order valence-corrected chi connectivity index (χ4v) is 2.39. The highest BCUT2D eigenvalue weighted by molar-refractivity contribution is 6.35. The van der Waals surface area contributed by atoms with Crippen molar-refractivity contribution >= 4 is 35.1 Å². The number of carboxylic acids is 1. The maximum absolute atomic E-state index is 11.8. The lowest BCUT2D eigenvalue weighted by molar-refractivity contribution is -0.138. The second-order valence-corrected chi connectivity index (χ2v) is 5.66. The van der Waals surface area contributed by atoms with E-state index in [1.165, 1.54) is 10.9 Å². The number of amides is 1. The number of aromatic nitrogens is 3. The van der Waals surface area contributed by atoms with Gasteiger partial charge in [0.15, 0.2) is 0 Å². The Labute approximate surface area is 142 Å². The third-order valence-electron chi connectivity index (χ3n) is 2.99. The summed E-state index contributed by atoms with van der Waals surface area (Å²) in [4.78, 5) is 22.4. The summed E-state index contributed by atoms with van der Waals surface area (Å²) >= 11 is 11.9. The van der Waals surface area contributed by atoms with Crippen LogP contribution >= 0.6 is 23.2 Å². The summed E-state index contributed by atoms with van der Waals surface area (Å²) < 4.78 is 1.19. The molecule has 0 fully saturated rings. The van der Waals surface area contributed by atoms with Crippen molar-refractivity contribution in [2.45, 2.75) is 25.9 Å². The Morgan fingerprint density at radius 3 is 2.78 bits per heavy atom. The number of hydrogen-bond donors (Lipinski definition) is 2. The molecule has 0 unspecified atom stereocenters. The van der Waals surface area contributed by atoms with E-state index < -0.39 is 5.97 Å². The average Bonchev–Trinajstić information content (AvgIpc) is 2.91. The van der Waals surface area contributed by atoms with Gasteiger partial charge in [-0.25, -0.2) is 4.68 Å². The summed E-state index contributed by atoms with van der Waals surface area (Å²) in [5.41, 5.74) is 1.34. The molecule has 0 saturated carbocycles. The van der Waals surface area contributed by atoms with Crippen LogP contribution in [0.4, 0.5) is 0 Å². The summed E-state index contributed by atoms with van der Waals surface area (Å²) in [6.07, 6.45) is 2.24. The second kappa shape index (κ2) is 7.94. The SMILES string of the molecule is O=C(O)Cn1cc(CNC(=O)CCc2ccc(Cl)cc2Cl)nn1. The van der Waals surface area contributed by atoms with Gasteiger partial charge in [0.1, 0.15) is 12.2 Å². The number of carbonyl (C=O) groups is 2. The minimum atomic E-state index is -1.01. The Balaban J connectivity index is 1.78. The number of carboxylic acid groups (broad SMARTS) is 1. The van der Waals surface area contributed by atoms with Crippen molar-refractivity contribution in [2.24, 2.45) is 0 Å². The zero-order chi connectivity index (χ0) is 16.8. The number of halogens is 2. The summed E-state index contributed by atoms with van der Waals surface area (Å²) in [5, 5.41) is 19.8. The van der Waals surface area contributed by atoms with Crippen molar-refractivity contribution in [2.75, 3.05) is 0 Å². The van der Waals surface area contributed by atoms with Gasteiger partial charge in [0.05, 0.1) is 12.7 Å². The molecule has 2 N–H and O–H groups in total. The van der Waals surface area contributed by atoms with Gasteiger partial charge in [0.25, 0.3) is 0 Å². The summed E-state index contributed by atoms with van der Waals surface area (Å²) in [7, 11) is 0. The lowest BCUT2D eigenvalue weighted by Gasteiger charge is -2.05. The number of carbonyl (C=O) groups excluding carboxylic acids is 1. The summed E-state index contributed by atoms with van der Waals surface area (Å²) in [5.74, 6) is -1.17. The van der Waals surface area contributed by atoms with E-state index in [0.717, 1.165) is 5.56 Å². The molecule has 1 aromatic heterocycles. The van der Waals surface area contributed by atoms with Crippen molar-refractivity contribution in [1.29, 1.82) is 0 Å². The molecule has 122 valence electrons. The van der Waals surface area contributed by atoms with Crippen molar-refractivity contribution in [3.63, 3.8) is 0 Å². The predicted octanol–water partition coefficient (Wildman–Crippen LogP) is 1.92. The van der Waals surface area contributed by atoms with Crippen LogP contribution in [0.3, 0.4) is 0 Å². The Bertz CT molecular complexity index is 718. The van der Waals surface area contributed by atoms with Crippen LogP contribution in [0.25, 0.3) is 0 Å². The average molecular weight is 357 g/mol. The third-order valence-corrected chi connectivity index (χ3v) is 3.57. The topological polar surface area (TPSA) is 97.1 Å². The van der Waals surface area contributed by atoms with Gasteiger partial charge in [-0.3, -0.25) is 9.59 Å². The van der Waals surface area contributed by atoms with Crippen molar-refractivity contribution in [3.8, 4) is 0 Å². The lowest BCUT2D eigenvalue weighted by Crippen LogP contribution is -2.23. The number of aliphatic carboxylic acids is 1. The van der Waals surface area contributed by atoms with Gasteiger partial charge in [0.2, 0.25) is 5.91 Å². The first-order valence-electron chi connectivity index (χ1n) is 6.75. The molecule has 1 amide bonds. The number of hydrogen-bond acceptors (Lipinski definition) is 4. The molecule has 2 rings (SSSR count). The van der Waals surface area contributed by atoms with Gasteiger partial charge < -0.3 is 10.4 Å². The van der Waals surface area contributed by atoms with E-state index in [0.29, 0.717) is 22.2 Å². The fraction of sp³-hybridized carbons (Fsp3) is 0.286. The molecule has 1 aromatic carbocycles. The first kappa shape index (κ1) is 17.2. The molecular weight excluding hydrogens is 343 g/mol. The zero-order valence-electron chi connectivity index (χ0n) is 12.0. The predicted molar refractivity (Wildman–Crippen MR) is 84.3 cm³/mol. The number of nitrogens with zero attached hydrogens (tertiary/aromatic N) is 3. The molecule has 2 aromatic rings. The maximum atomic E-state index is 11.8. The van der Waals surface area contributed by atoms with Gasteiger partial charge in [-0.05, 0) is 24.1 Å². The first-order valence-corrected chi connectivity index (χ1v) is 7.51. The number of rotatable bonds is 7. The van der Waals surface area contributed by atoms with Crippen molar-refractivity contribution in [1.82, 2.24) is 20.3 Å². The smallest absolute Gasteiger partial charge is 0.325 e. The van der Waals surface area contributed by atoms with Crippen LogP contribution in [-0.4, -0.2) is 32.0 Å². The lowest BCUT2D eigenvalue weighted by atomic mass is 10.1. The molecule has 0 spiro atoms. The first-order chi connectivity index (χ1) is 10.9. The van der Waals surface area contributed by atoms with Crippen LogP contribution in [0.5, 0.6) is 0 Å².